The average Bonchev–Trinajstić information content (AvgIpc) is 3.47. The van der Waals surface area contributed by atoms with E-state index in [1.807, 2.05) is 0 Å². The van der Waals surface area contributed by atoms with Gasteiger partial charge in [-0.2, -0.15) is 12.7 Å². The summed E-state index contributed by atoms with van der Waals surface area (Å²) in [6.07, 6.45) is 1.03. The number of likely N-dealkylation sites (tertiary alicyclic amines) is 1. The minimum Gasteiger partial charge on any atom is -0.338 e. The molecule has 2 fully saturated rings. The van der Waals surface area contributed by atoms with Crippen molar-refractivity contribution >= 4 is 16.1 Å². The fourth-order valence-electron chi connectivity index (χ4n) is 4.16. The lowest BCUT2D eigenvalue weighted by molar-refractivity contribution is -0.140. The molecule has 6 nitrogen and oxygen atoms in total. The smallest absolute Gasteiger partial charge is 0.279 e. The summed E-state index contributed by atoms with van der Waals surface area (Å²) in [5.41, 5.74) is -0.0555. The number of hydrogen-bond donors (Lipinski definition) is 1. The van der Waals surface area contributed by atoms with Crippen LogP contribution in [0.3, 0.4) is 0 Å². The first-order valence-electron chi connectivity index (χ1n) is 10.3. The molecule has 2 aromatic rings. The quantitative estimate of drug-likeness (QED) is 0.681. The Labute approximate surface area is 185 Å². The molecule has 2 aliphatic rings. The van der Waals surface area contributed by atoms with E-state index in [4.69, 9.17) is 0 Å². The molecule has 1 N–H and O–H groups in total. The van der Waals surface area contributed by atoms with Crippen LogP contribution in [0.2, 0.25) is 0 Å². The summed E-state index contributed by atoms with van der Waals surface area (Å²) < 4.78 is 70.8. The van der Waals surface area contributed by atoms with Crippen molar-refractivity contribution in [2.75, 3.05) is 27.2 Å². The predicted molar refractivity (Wildman–Crippen MR) is 113 cm³/mol. The topological polar surface area (TPSA) is 69.7 Å². The predicted octanol–water partition coefficient (Wildman–Crippen LogP) is 2.87. The van der Waals surface area contributed by atoms with Gasteiger partial charge >= 0.3 is 0 Å². The third kappa shape index (κ3) is 4.14. The van der Waals surface area contributed by atoms with Gasteiger partial charge in [-0.05, 0) is 48.1 Å². The van der Waals surface area contributed by atoms with Gasteiger partial charge in [0.1, 0.15) is 17.5 Å². The zero-order chi connectivity index (χ0) is 23.2. The third-order valence-electron chi connectivity index (χ3n) is 6.17. The molecule has 10 heteroatoms. The second-order valence-corrected chi connectivity index (χ2v) is 10.3. The molecule has 0 radical (unpaired) electrons. The highest BCUT2D eigenvalue weighted by Crippen LogP contribution is 2.53. The van der Waals surface area contributed by atoms with E-state index in [0.717, 1.165) is 16.4 Å². The number of nitrogens with zero attached hydrogens (tertiary/aromatic N) is 2. The minimum atomic E-state index is -3.60. The molecule has 1 saturated carbocycles. The van der Waals surface area contributed by atoms with Crippen LogP contribution < -0.4 is 4.72 Å². The molecule has 32 heavy (non-hydrogen) atoms. The number of hydrogen-bond acceptors (Lipinski definition) is 3. The summed E-state index contributed by atoms with van der Waals surface area (Å²) in [7, 11) is -0.786. The number of amides is 1. The Balaban J connectivity index is 1.51. The maximum atomic E-state index is 14.8. The van der Waals surface area contributed by atoms with Crippen LogP contribution in [-0.2, 0) is 15.0 Å². The summed E-state index contributed by atoms with van der Waals surface area (Å²) >= 11 is 0. The van der Waals surface area contributed by atoms with Crippen molar-refractivity contribution in [2.45, 2.75) is 24.8 Å². The normalized spacial score (nSPS) is 22.7. The molecule has 1 heterocycles. The molecule has 1 aliphatic carbocycles. The van der Waals surface area contributed by atoms with Gasteiger partial charge in [0.2, 0.25) is 5.91 Å². The van der Waals surface area contributed by atoms with Gasteiger partial charge < -0.3 is 4.90 Å². The van der Waals surface area contributed by atoms with Crippen LogP contribution in [0.4, 0.5) is 13.2 Å². The van der Waals surface area contributed by atoms with Gasteiger partial charge in [-0.15, -0.1) is 0 Å². The molecule has 172 valence electrons. The standard InChI is InChI=1S/C22H24F3N3O3S/c1-27(2)32(30,31)26-12-13-9-10-28(13)22(29)16-11-15(16)20-14(5-3-6-17(20)23)21-18(24)7-4-8-19(21)25/h3-8,13,15-16,26H,9-12H2,1-2H3/t13-,15-,16-/m0/s1. The lowest BCUT2D eigenvalue weighted by Gasteiger charge is -2.41. The first-order chi connectivity index (χ1) is 15.1. The molecular weight excluding hydrogens is 443 g/mol. The SMILES string of the molecule is CN(C)S(=O)(=O)NC[C@@H]1CCN1C(=O)[C@H]1C[C@@H]1c1c(F)cccc1-c1c(F)cccc1F. The fourth-order valence-corrected chi connectivity index (χ4v) is 4.82. The highest BCUT2D eigenvalue weighted by molar-refractivity contribution is 7.87. The van der Waals surface area contributed by atoms with Gasteiger partial charge in [0.25, 0.3) is 10.2 Å². The second kappa shape index (κ2) is 8.49. The molecular formula is C22H24F3N3O3S. The molecule has 3 atom stereocenters. The molecule has 1 aliphatic heterocycles. The van der Waals surface area contributed by atoms with Crippen molar-refractivity contribution < 1.29 is 26.4 Å². The molecule has 0 unspecified atom stereocenters. The molecule has 0 aromatic heterocycles. The van der Waals surface area contributed by atoms with E-state index in [-0.39, 0.29) is 35.2 Å². The number of halogens is 3. The van der Waals surface area contributed by atoms with E-state index in [9.17, 15) is 26.4 Å². The highest BCUT2D eigenvalue weighted by Gasteiger charge is 2.50. The molecule has 0 spiro atoms. The summed E-state index contributed by atoms with van der Waals surface area (Å²) in [5.74, 6) is -3.39. The first-order valence-corrected chi connectivity index (χ1v) is 11.8. The average molecular weight is 468 g/mol. The van der Waals surface area contributed by atoms with E-state index in [2.05, 4.69) is 4.72 Å². The van der Waals surface area contributed by atoms with Crippen molar-refractivity contribution in [3.63, 3.8) is 0 Å². The van der Waals surface area contributed by atoms with Crippen LogP contribution in [0.5, 0.6) is 0 Å². The first kappa shape index (κ1) is 22.8. The summed E-state index contributed by atoms with van der Waals surface area (Å²) in [6.45, 7) is 0.581. The van der Waals surface area contributed by atoms with Crippen molar-refractivity contribution in [1.82, 2.24) is 13.9 Å². The fraction of sp³-hybridized carbons (Fsp3) is 0.409. The van der Waals surface area contributed by atoms with Crippen LogP contribution >= 0.6 is 0 Å². The van der Waals surface area contributed by atoms with E-state index >= 15 is 0 Å². The summed E-state index contributed by atoms with van der Waals surface area (Å²) in [6, 6.07) is 7.27. The van der Waals surface area contributed by atoms with Crippen LogP contribution in [0.15, 0.2) is 36.4 Å². The van der Waals surface area contributed by atoms with E-state index in [0.29, 0.717) is 19.4 Å². The van der Waals surface area contributed by atoms with E-state index in [1.165, 1.54) is 38.4 Å². The number of carbonyl (C=O) groups excluding carboxylic acids is 1. The molecule has 1 saturated heterocycles. The van der Waals surface area contributed by atoms with Crippen molar-refractivity contribution in [2.24, 2.45) is 5.92 Å². The van der Waals surface area contributed by atoms with Gasteiger partial charge in [-0.25, -0.2) is 17.9 Å². The van der Waals surface area contributed by atoms with Crippen molar-refractivity contribution in [3.05, 3.63) is 59.4 Å². The van der Waals surface area contributed by atoms with Crippen LogP contribution in [-0.4, -0.2) is 56.8 Å². The lowest BCUT2D eigenvalue weighted by Crippen LogP contribution is -2.57. The Hall–Kier alpha value is -2.43. The highest BCUT2D eigenvalue weighted by atomic mass is 32.2. The molecule has 0 bridgehead atoms. The lowest BCUT2D eigenvalue weighted by atomic mass is 9.94. The largest absolute Gasteiger partial charge is 0.338 e. The van der Waals surface area contributed by atoms with Gasteiger partial charge in [0, 0.05) is 39.1 Å². The molecule has 2 aromatic carbocycles. The maximum Gasteiger partial charge on any atom is 0.279 e. The minimum absolute atomic E-state index is 0.0923. The van der Waals surface area contributed by atoms with E-state index in [1.54, 1.807) is 4.90 Å². The van der Waals surface area contributed by atoms with Crippen molar-refractivity contribution in [3.8, 4) is 11.1 Å². The van der Waals surface area contributed by atoms with Crippen LogP contribution in [0.1, 0.15) is 24.3 Å². The van der Waals surface area contributed by atoms with Crippen molar-refractivity contribution in [1.29, 1.82) is 0 Å². The Kier molecular flexibility index (Phi) is 6.04. The van der Waals surface area contributed by atoms with Crippen LogP contribution in [0, 0.1) is 23.4 Å². The van der Waals surface area contributed by atoms with Crippen LogP contribution in [0.25, 0.3) is 11.1 Å². The van der Waals surface area contributed by atoms with Gasteiger partial charge in [-0.1, -0.05) is 18.2 Å². The third-order valence-corrected chi connectivity index (χ3v) is 7.67. The number of carbonyl (C=O) groups is 1. The Morgan fingerprint density at radius 1 is 1.09 bits per heavy atom. The van der Waals surface area contributed by atoms with E-state index < -0.39 is 39.5 Å². The van der Waals surface area contributed by atoms with Gasteiger partial charge in [0.15, 0.2) is 0 Å². The number of rotatable bonds is 7. The van der Waals surface area contributed by atoms with Gasteiger partial charge in [-0.3, -0.25) is 4.79 Å². The summed E-state index contributed by atoms with van der Waals surface area (Å²) in [4.78, 5) is 14.6. The Morgan fingerprint density at radius 2 is 1.72 bits per heavy atom. The van der Waals surface area contributed by atoms with Gasteiger partial charge in [0.05, 0.1) is 5.56 Å². The second-order valence-electron chi connectivity index (χ2n) is 8.36. The Morgan fingerprint density at radius 3 is 2.31 bits per heavy atom. The monoisotopic (exact) mass is 467 g/mol. The zero-order valence-electron chi connectivity index (χ0n) is 17.7. The molecule has 4 rings (SSSR count). The zero-order valence-corrected chi connectivity index (χ0v) is 18.5. The molecule has 1 amide bonds. The number of nitrogens with one attached hydrogen (secondary N) is 1. The maximum absolute atomic E-state index is 14.8. The Bertz CT molecular complexity index is 1140. The number of benzene rings is 2. The summed E-state index contributed by atoms with van der Waals surface area (Å²) in [5, 5.41) is 0.